The number of carbonyl (C=O) groups excluding carboxylic acids is 2. The van der Waals surface area contributed by atoms with Gasteiger partial charge in [-0.1, -0.05) is 0 Å². The van der Waals surface area contributed by atoms with Crippen LogP contribution in [0.1, 0.15) is 23.3 Å². The molecule has 13 nitrogen and oxygen atoms in total. The van der Waals surface area contributed by atoms with E-state index in [1.54, 1.807) is 4.90 Å². The normalized spacial score (nSPS) is 21.6. The van der Waals surface area contributed by atoms with E-state index in [1.807, 2.05) is 0 Å². The highest BCUT2D eigenvalue weighted by atomic mass is 31.2. The van der Waals surface area contributed by atoms with Gasteiger partial charge in [0.05, 0.1) is 18.8 Å². The van der Waals surface area contributed by atoms with Crippen molar-refractivity contribution in [3.63, 3.8) is 0 Å². The molecule has 0 bridgehead atoms. The van der Waals surface area contributed by atoms with Crippen molar-refractivity contribution in [2.45, 2.75) is 24.6 Å². The number of hydrogen-bond donors (Lipinski definition) is 1. The zero-order valence-corrected chi connectivity index (χ0v) is 17.6. The number of pyridine rings is 1. The second-order valence-electron chi connectivity index (χ2n) is 6.96. The Morgan fingerprint density at radius 3 is 2.77 bits per heavy atom. The summed E-state index contributed by atoms with van der Waals surface area (Å²) in [5.74, 6) is -0.500. The average Bonchev–Trinajstić information content (AvgIpc) is 3.52. The van der Waals surface area contributed by atoms with E-state index in [2.05, 4.69) is 10.2 Å². The van der Waals surface area contributed by atoms with Crippen LogP contribution in [0.3, 0.4) is 0 Å². The van der Waals surface area contributed by atoms with Crippen molar-refractivity contribution >= 4 is 21.0 Å². The Morgan fingerprint density at radius 2 is 2.03 bits per heavy atom. The van der Waals surface area contributed by atoms with Gasteiger partial charge in [-0.25, -0.2) is 0 Å². The SMILES string of the molecule is COCOP(OCOC=O)OCOc1c2n(ccc1=O)N[C@@H]1COC3(CC3)CN1C2=O. The third-order valence-corrected chi connectivity index (χ3v) is 5.88. The zero-order chi connectivity index (χ0) is 21.8. The molecule has 2 aliphatic heterocycles. The lowest BCUT2D eigenvalue weighted by Gasteiger charge is -2.44. The highest BCUT2D eigenvalue weighted by Gasteiger charge is 2.52. The molecule has 1 aromatic heterocycles. The number of amides is 1. The highest BCUT2D eigenvalue weighted by molar-refractivity contribution is 7.41. The molecule has 3 heterocycles. The first kappa shape index (κ1) is 21.9. The summed E-state index contributed by atoms with van der Waals surface area (Å²) in [6, 6.07) is 1.28. The van der Waals surface area contributed by atoms with Gasteiger partial charge in [0.25, 0.3) is 12.4 Å². The van der Waals surface area contributed by atoms with Crippen LogP contribution in [0.4, 0.5) is 0 Å². The fourth-order valence-electron chi connectivity index (χ4n) is 3.27. The van der Waals surface area contributed by atoms with Crippen molar-refractivity contribution < 1.29 is 42.1 Å². The van der Waals surface area contributed by atoms with Crippen molar-refractivity contribution in [1.82, 2.24) is 9.58 Å². The van der Waals surface area contributed by atoms with Crippen molar-refractivity contribution in [1.29, 1.82) is 0 Å². The summed E-state index contributed by atoms with van der Waals surface area (Å²) in [6.45, 7) is 0.0259. The molecule has 2 fully saturated rings. The Balaban J connectivity index is 1.45. The molecule has 1 amide bonds. The Bertz CT molecular complexity index is 876. The summed E-state index contributed by atoms with van der Waals surface area (Å²) in [7, 11) is -0.585. The van der Waals surface area contributed by atoms with Gasteiger partial charge in [-0.2, -0.15) is 0 Å². The molecular weight excluding hydrogens is 437 g/mol. The number of ether oxygens (including phenoxy) is 4. The van der Waals surface area contributed by atoms with Crippen LogP contribution in [-0.4, -0.2) is 74.4 Å². The summed E-state index contributed by atoms with van der Waals surface area (Å²) in [6.07, 6.45) is 2.94. The first-order valence-corrected chi connectivity index (χ1v) is 10.5. The van der Waals surface area contributed by atoms with Gasteiger partial charge in [-0.05, 0) is 12.8 Å². The molecule has 1 spiro atoms. The van der Waals surface area contributed by atoms with E-state index in [-0.39, 0.29) is 42.4 Å². The minimum Gasteiger partial charge on any atom is -0.460 e. The maximum absolute atomic E-state index is 13.2. The Hall–Kier alpha value is -2.28. The molecule has 1 unspecified atom stereocenters. The van der Waals surface area contributed by atoms with Crippen molar-refractivity contribution in [3.05, 3.63) is 28.2 Å². The summed E-state index contributed by atoms with van der Waals surface area (Å²) in [5, 5.41) is 0. The number of hydrogen-bond acceptors (Lipinski definition) is 11. The van der Waals surface area contributed by atoms with E-state index in [0.717, 1.165) is 12.8 Å². The lowest BCUT2D eigenvalue weighted by Crippen LogP contribution is -2.62. The summed E-state index contributed by atoms with van der Waals surface area (Å²) >= 11 is 0. The Morgan fingerprint density at radius 1 is 1.26 bits per heavy atom. The van der Waals surface area contributed by atoms with Gasteiger partial charge in [0.1, 0.15) is 6.17 Å². The summed E-state index contributed by atoms with van der Waals surface area (Å²) in [4.78, 5) is 37.5. The average molecular weight is 459 g/mol. The first-order chi connectivity index (χ1) is 15.1. The van der Waals surface area contributed by atoms with Crippen molar-refractivity contribution in [3.8, 4) is 5.75 Å². The molecule has 3 aliphatic rings. The van der Waals surface area contributed by atoms with Gasteiger partial charge in [-0.3, -0.25) is 32.6 Å². The number of carbonyl (C=O) groups is 2. The quantitative estimate of drug-likeness (QED) is 0.209. The van der Waals surface area contributed by atoms with Gasteiger partial charge in [-0.15, -0.1) is 0 Å². The van der Waals surface area contributed by atoms with Gasteiger partial charge < -0.3 is 29.3 Å². The number of methoxy groups -OCH3 is 1. The standard InChI is InChI=1S/C17H22N3O10P/c1-24-9-28-31(29-10-25-8-21)30-11-26-15-12(22)2-5-20-14(15)16(23)19-7-17(3-4-17)27-6-13(19)18-20/h2,5,8,13,18H,3-4,6-7,9-11H2,1H3/t13-,31?/m0/s1. The number of morpholine rings is 1. The first-order valence-electron chi connectivity index (χ1n) is 9.40. The van der Waals surface area contributed by atoms with E-state index in [4.69, 9.17) is 27.8 Å². The summed E-state index contributed by atoms with van der Waals surface area (Å²) in [5.41, 5.74) is 2.46. The van der Waals surface area contributed by atoms with Crippen LogP contribution in [0.5, 0.6) is 5.75 Å². The fraction of sp³-hybridized carbons (Fsp3) is 0.588. The second-order valence-corrected chi connectivity index (χ2v) is 8.18. The van der Waals surface area contributed by atoms with Crippen LogP contribution in [0.25, 0.3) is 0 Å². The number of nitrogens with zero attached hydrogens (tertiary/aromatic N) is 2. The fourth-order valence-corrected chi connectivity index (χ4v) is 3.97. The van der Waals surface area contributed by atoms with E-state index in [9.17, 15) is 14.4 Å². The van der Waals surface area contributed by atoms with Crippen LogP contribution in [0.2, 0.25) is 0 Å². The topological polar surface area (TPSA) is 136 Å². The van der Waals surface area contributed by atoms with Crippen LogP contribution in [0, 0.1) is 0 Å². The van der Waals surface area contributed by atoms with Gasteiger partial charge in [0.15, 0.2) is 26.1 Å². The van der Waals surface area contributed by atoms with Crippen LogP contribution >= 0.6 is 8.60 Å². The summed E-state index contributed by atoms with van der Waals surface area (Å²) < 4.78 is 37.7. The predicted molar refractivity (Wildman–Crippen MR) is 102 cm³/mol. The van der Waals surface area contributed by atoms with E-state index in [0.29, 0.717) is 13.2 Å². The number of nitrogens with one attached hydrogen (secondary N) is 1. The third kappa shape index (κ3) is 4.81. The molecule has 14 heteroatoms. The highest BCUT2D eigenvalue weighted by Crippen LogP contribution is 2.44. The van der Waals surface area contributed by atoms with E-state index >= 15 is 0 Å². The maximum atomic E-state index is 13.2. The zero-order valence-electron chi connectivity index (χ0n) is 16.7. The molecule has 2 atom stereocenters. The molecule has 1 aromatic rings. The molecule has 0 radical (unpaired) electrons. The van der Waals surface area contributed by atoms with Crippen LogP contribution in [-0.2, 0) is 32.6 Å². The molecular formula is C17H22N3O10P. The Labute approximate surface area is 178 Å². The van der Waals surface area contributed by atoms with E-state index in [1.165, 1.54) is 24.0 Å². The smallest absolute Gasteiger partial charge is 0.340 e. The van der Waals surface area contributed by atoms with Crippen molar-refractivity contribution in [2.75, 3.05) is 46.1 Å². The molecule has 1 N–H and O–H groups in total. The van der Waals surface area contributed by atoms with Crippen molar-refractivity contribution in [2.24, 2.45) is 0 Å². The van der Waals surface area contributed by atoms with Crippen LogP contribution < -0.4 is 15.6 Å². The van der Waals surface area contributed by atoms with Crippen LogP contribution in [0.15, 0.2) is 17.1 Å². The largest absolute Gasteiger partial charge is 0.460 e. The van der Waals surface area contributed by atoms with Gasteiger partial charge in [0, 0.05) is 19.4 Å². The monoisotopic (exact) mass is 459 g/mol. The predicted octanol–water partition coefficient (Wildman–Crippen LogP) is 0.0839. The molecule has 1 saturated carbocycles. The molecule has 31 heavy (non-hydrogen) atoms. The molecule has 0 aromatic carbocycles. The minimum absolute atomic E-state index is 0.0670. The molecule has 4 rings (SSSR count). The Kier molecular flexibility index (Phi) is 6.70. The molecule has 1 saturated heterocycles. The maximum Gasteiger partial charge on any atom is 0.340 e. The third-order valence-electron chi connectivity index (χ3n) is 4.93. The van der Waals surface area contributed by atoms with E-state index < -0.39 is 27.6 Å². The van der Waals surface area contributed by atoms with Gasteiger partial charge >= 0.3 is 8.60 Å². The van der Waals surface area contributed by atoms with Gasteiger partial charge in [0.2, 0.25) is 11.2 Å². The second kappa shape index (κ2) is 9.47. The minimum atomic E-state index is -1.99. The lowest BCUT2D eigenvalue weighted by atomic mass is 10.1. The molecule has 1 aliphatic carbocycles. The number of fused-ring (bicyclic) bond motifs is 2. The lowest BCUT2D eigenvalue weighted by molar-refractivity contribution is -0.135. The number of aromatic nitrogens is 1. The number of rotatable bonds is 11. The molecule has 170 valence electrons.